The molecule has 1 saturated carbocycles. The molecule has 10 heteroatoms. The van der Waals surface area contributed by atoms with E-state index in [2.05, 4.69) is 19.2 Å². The Kier molecular flexibility index (Phi) is 10.3. The zero-order chi connectivity index (χ0) is 27.7. The first-order valence-electron chi connectivity index (χ1n) is 13.9. The minimum absolute atomic E-state index is 0.0745. The third-order valence-corrected chi connectivity index (χ3v) is 8.29. The highest BCUT2D eigenvalue weighted by Gasteiger charge is 2.52. The van der Waals surface area contributed by atoms with E-state index in [-0.39, 0.29) is 24.0 Å². The van der Waals surface area contributed by atoms with E-state index in [1.54, 1.807) is 27.7 Å². The van der Waals surface area contributed by atoms with E-state index in [0.29, 0.717) is 6.42 Å². The van der Waals surface area contributed by atoms with Crippen LogP contribution in [0.5, 0.6) is 0 Å². The van der Waals surface area contributed by atoms with Crippen molar-refractivity contribution in [1.82, 2.24) is 5.32 Å². The third kappa shape index (κ3) is 7.15. The third-order valence-electron chi connectivity index (χ3n) is 8.29. The molecule has 0 radical (unpaired) electrons. The van der Waals surface area contributed by atoms with Gasteiger partial charge in [0.2, 0.25) is 0 Å². The van der Waals surface area contributed by atoms with E-state index in [9.17, 15) is 25.2 Å². The first-order chi connectivity index (χ1) is 17.3. The lowest BCUT2D eigenvalue weighted by atomic mass is 9.69. The molecule has 2 saturated heterocycles. The molecule has 1 aliphatic carbocycles. The summed E-state index contributed by atoms with van der Waals surface area (Å²) in [5.41, 5.74) is -0.662. The van der Waals surface area contributed by atoms with Crippen LogP contribution in [0.2, 0.25) is 0 Å². The second-order valence-corrected chi connectivity index (χ2v) is 12.4. The average Bonchev–Trinajstić information content (AvgIpc) is 2.81. The van der Waals surface area contributed by atoms with Crippen LogP contribution in [-0.4, -0.2) is 93.8 Å². The molecule has 37 heavy (non-hydrogen) atoms. The minimum Gasteiger partial charge on any atom is -0.444 e. The van der Waals surface area contributed by atoms with E-state index in [4.69, 9.17) is 18.9 Å². The first kappa shape index (κ1) is 30.5. The predicted molar refractivity (Wildman–Crippen MR) is 136 cm³/mol. The number of nitrogens with one attached hydrogen (secondary N) is 1. The Morgan fingerprint density at radius 3 is 2.27 bits per heavy atom. The Hall–Kier alpha value is -1.01. The van der Waals surface area contributed by atoms with Gasteiger partial charge in [0.05, 0.1) is 37.1 Å². The van der Waals surface area contributed by atoms with E-state index < -0.39 is 73.0 Å². The highest BCUT2D eigenvalue weighted by molar-refractivity contribution is 5.68. The van der Waals surface area contributed by atoms with Crippen LogP contribution in [0.1, 0.15) is 74.1 Å². The second-order valence-electron chi connectivity index (χ2n) is 12.4. The van der Waals surface area contributed by atoms with Crippen LogP contribution in [-0.2, 0) is 18.9 Å². The summed E-state index contributed by atoms with van der Waals surface area (Å²) >= 11 is 0. The van der Waals surface area contributed by atoms with Crippen LogP contribution in [0.15, 0.2) is 0 Å². The van der Waals surface area contributed by atoms with Gasteiger partial charge >= 0.3 is 6.09 Å². The number of rotatable bonds is 6. The van der Waals surface area contributed by atoms with Crippen molar-refractivity contribution in [3.63, 3.8) is 0 Å². The van der Waals surface area contributed by atoms with Gasteiger partial charge < -0.3 is 44.7 Å². The molecular formula is C27H49NO9. The molecule has 5 N–H and O–H groups in total. The van der Waals surface area contributed by atoms with E-state index in [0.717, 1.165) is 19.3 Å². The second kappa shape index (κ2) is 12.4. The van der Waals surface area contributed by atoms with Gasteiger partial charge in [-0.2, -0.15) is 0 Å². The van der Waals surface area contributed by atoms with Crippen LogP contribution in [0.4, 0.5) is 4.79 Å². The molecule has 3 fully saturated rings. The van der Waals surface area contributed by atoms with Crippen molar-refractivity contribution >= 4 is 6.09 Å². The zero-order valence-corrected chi connectivity index (χ0v) is 23.4. The van der Waals surface area contributed by atoms with Crippen molar-refractivity contribution in [2.45, 2.75) is 135 Å². The maximum absolute atomic E-state index is 12.8. The number of hydrogen-bond acceptors (Lipinski definition) is 9. The van der Waals surface area contributed by atoms with Crippen molar-refractivity contribution in [3.8, 4) is 0 Å². The topological polar surface area (TPSA) is 147 Å². The van der Waals surface area contributed by atoms with Crippen molar-refractivity contribution in [3.05, 3.63) is 0 Å². The lowest BCUT2D eigenvalue weighted by Gasteiger charge is -2.51. The van der Waals surface area contributed by atoms with Crippen LogP contribution >= 0.6 is 0 Å². The SMILES string of the molecule is CCC1CCC(C)C(C2C(NC(=O)OC(C)(C)C)CC(C)C(OC3OC(CO)C(O)C(C)C3O)C2O)O1. The number of carbonyl (C=O) groups is 1. The Morgan fingerprint density at radius 1 is 1.00 bits per heavy atom. The highest BCUT2D eigenvalue weighted by Crippen LogP contribution is 2.42. The van der Waals surface area contributed by atoms with Crippen molar-refractivity contribution < 1.29 is 44.2 Å². The number of aliphatic hydroxyl groups is 4. The maximum atomic E-state index is 12.8. The van der Waals surface area contributed by atoms with Crippen LogP contribution in [0, 0.1) is 23.7 Å². The highest BCUT2D eigenvalue weighted by atomic mass is 16.7. The molecule has 1 amide bonds. The lowest BCUT2D eigenvalue weighted by molar-refractivity contribution is -0.318. The van der Waals surface area contributed by atoms with Crippen LogP contribution in [0.3, 0.4) is 0 Å². The van der Waals surface area contributed by atoms with E-state index >= 15 is 0 Å². The summed E-state index contributed by atoms with van der Waals surface area (Å²) in [5, 5.41) is 45.5. The van der Waals surface area contributed by atoms with Gasteiger partial charge in [-0.3, -0.25) is 0 Å². The smallest absolute Gasteiger partial charge is 0.407 e. The Labute approximate surface area is 221 Å². The quantitative estimate of drug-likeness (QED) is 0.347. The number of hydrogen-bond donors (Lipinski definition) is 5. The van der Waals surface area contributed by atoms with Gasteiger partial charge in [-0.05, 0) is 58.3 Å². The van der Waals surface area contributed by atoms with Gasteiger partial charge in [-0.15, -0.1) is 0 Å². The molecule has 0 bridgehead atoms. The molecule has 0 aromatic heterocycles. The van der Waals surface area contributed by atoms with Gasteiger partial charge in [0.25, 0.3) is 0 Å². The number of aliphatic hydroxyl groups excluding tert-OH is 4. The molecule has 216 valence electrons. The first-order valence-corrected chi connectivity index (χ1v) is 13.9. The van der Waals surface area contributed by atoms with Crippen LogP contribution < -0.4 is 5.32 Å². The summed E-state index contributed by atoms with van der Waals surface area (Å²) in [6, 6.07) is -0.411. The molecule has 13 unspecified atom stereocenters. The van der Waals surface area contributed by atoms with Gasteiger partial charge in [0.15, 0.2) is 6.29 Å². The molecule has 0 spiro atoms. The van der Waals surface area contributed by atoms with Crippen molar-refractivity contribution in [1.29, 1.82) is 0 Å². The normalized spacial score (nSPS) is 45.3. The molecule has 3 rings (SSSR count). The number of carbonyl (C=O) groups excluding carboxylic acids is 1. The maximum Gasteiger partial charge on any atom is 0.407 e. The van der Waals surface area contributed by atoms with Gasteiger partial charge in [0, 0.05) is 17.9 Å². The summed E-state index contributed by atoms with van der Waals surface area (Å²) in [4.78, 5) is 12.8. The molecule has 2 aliphatic heterocycles. The summed E-state index contributed by atoms with van der Waals surface area (Å²) in [7, 11) is 0. The lowest BCUT2D eigenvalue weighted by Crippen LogP contribution is -2.64. The Balaban J connectivity index is 1.85. The van der Waals surface area contributed by atoms with Crippen LogP contribution in [0.25, 0.3) is 0 Å². The molecular weight excluding hydrogens is 482 g/mol. The molecule has 10 nitrogen and oxygen atoms in total. The van der Waals surface area contributed by atoms with Gasteiger partial charge in [-0.25, -0.2) is 4.79 Å². The largest absolute Gasteiger partial charge is 0.444 e. The Bertz CT molecular complexity index is 744. The number of amides is 1. The minimum atomic E-state index is -1.14. The van der Waals surface area contributed by atoms with Crippen molar-refractivity contribution in [2.24, 2.45) is 23.7 Å². The fourth-order valence-corrected chi connectivity index (χ4v) is 6.09. The monoisotopic (exact) mass is 531 g/mol. The van der Waals surface area contributed by atoms with E-state index in [1.807, 2.05) is 6.92 Å². The molecule has 0 aromatic rings. The molecule has 0 aromatic carbocycles. The summed E-state index contributed by atoms with van der Waals surface area (Å²) in [6.45, 7) is 12.8. The van der Waals surface area contributed by atoms with Gasteiger partial charge in [0.1, 0.15) is 17.8 Å². The molecule has 2 heterocycles. The standard InChI is InChI=1S/C27H49NO9/c1-8-16-10-9-13(2)23(34-16)19-17(28-26(33)37-27(5,6)7)11-14(3)24(22(19)32)36-25-21(31)15(4)20(30)18(12-29)35-25/h13-25,29-32H,8-12H2,1-7H3,(H,28,33). The summed E-state index contributed by atoms with van der Waals surface area (Å²) in [6.07, 6.45) is -3.47. The molecule has 13 atom stereocenters. The van der Waals surface area contributed by atoms with Crippen molar-refractivity contribution in [2.75, 3.05) is 6.61 Å². The zero-order valence-electron chi connectivity index (χ0n) is 23.4. The summed E-state index contributed by atoms with van der Waals surface area (Å²) < 4.78 is 23.9. The fraction of sp³-hybridized carbons (Fsp3) is 0.963. The molecule has 3 aliphatic rings. The Morgan fingerprint density at radius 2 is 1.68 bits per heavy atom. The average molecular weight is 532 g/mol. The summed E-state index contributed by atoms with van der Waals surface area (Å²) in [5.74, 6) is -1.12. The van der Waals surface area contributed by atoms with Gasteiger partial charge in [-0.1, -0.05) is 27.7 Å². The number of alkyl carbamates (subject to hydrolysis) is 1. The number of ether oxygens (including phenoxy) is 4. The van der Waals surface area contributed by atoms with E-state index in [1.165, 1.54) is 0 Å². The predicted octanol–water partition coefficient (Wildman–Crippen LogP) is 1.95. The fourth-order valence-electron chi connectivity index (χ4n) is 6.09.